The molecule has 3 rings (SSSR count). The molecule has 3 atom stereocenters. The van der Waals surface area contributed by atoms with Crippen LogP contribution in [0.25, 0.3) is 0 Å². The Morgan fingerprint density at radius 2 is 2.00 bits per heavy atom. The highest BCUT2D eigenvalue weighted by Crippen LogP contribution is 2.39. The number of halogens is 1. The molecule has 1 aliphatic rings. The first kappa shape index (κ1) is 22.5. The summed E-state index contributed by atoms with van der Waals surface area (Å²) in [6, 6.07) is 12.7. The summed E-state index contributed by atoms with van der Waals surface area (Å²) in [7, 11) is 0. The van der Waals surface area contributed by atoms with Crippen LogP contribution in [0.2, 0.25) is 0 Å². The molecular formula is C22H23FN6OS. The Morgan fingerprint density at radius 1 is 1.32 bits per heavy atom. The molecule has 4 N–H and O–H groups in total. The lowest BCUT2D eigenvalue weighted by Gasteiger charge is -2.34. The van der Waals surface area contributed by atoms with Crippen LogP contribution in [0, 0.1) is 22.7 Å². The molecule has 2 aromatic rings. The Morgan fingerprint density at radius 3 is 2.55 bits per heavy atom. The van der Waals surface area contributed by atoms with Crippen molar-refractivity contribution in [3.05, 3.63) is 52.6 Å². The zero-order valence-corrected chi connectivity index (χ0v) is 17.9. The molecule has 1 aliphatic heterocycles. The van der Waals surface area contributed by atoms with Crippen molar-refractivity contribution >= 4 is 23.5 Å². The molecule has 2 heterocycles. The minimum Gasteiger partial charge on any atom is -0.368 e. The molecule has 31 heavy (non-hydrogen) atoms. The summed E-state index contributed by atoms with van der Waals surface area (Å²) in [5, 5.41) is 19.2. The van der Waals surface area contributed by atoms with Gasteiger partial charge in [0.25, 0.3) is 0 Å². The molecule has 0 spiro atoms. The van der Waals surface area contributed by atoms with Crippen molar-refractivity contribution in [1.29, 1.82) is 10.5 Å². The summed E-state index contributed by atoms with van der Waals surface area (Å²) >= 11 is 1.07. The van der Waals surface area contributed by atoms with Gasteiger partial charge in [-0.25, -0.2) is 9.37 Å². The summed E-state index contributed by atoms with van der Waals surface area (Å²) in [6.07, 6.45) is -0.416. The molecule has 1 amide bonds. The highest BCUT2D eigenvalue weighted by molar-refractivity contribution is 8.00. The second kappa shape index (κ2) is 9.78. The first-order chi connectivity index (χ1) is 14.9. The highest BCUT2D eigenvalue weighted by Gasteiger charge is 2.31. The van der Waals surface area contributed by atoms with Crippen molar-refractivity contribution in [3.8, 4) is 12.1 Å². The molecule has 160 valence electrons. The maximum atomic E-state index is 14.3. The monoisotopic (exact) mass is 438 g/mol. The third-order valence-corrected chi connectivity index (χ3v) is 6.57. The highest BCUT2D eigenvalue weighted by atomic mass is 32.2. The number of rotatable bonds is 6. The number of nitrogens with two attached hydrogens (primary N) is 2. The molecular weight excluding hydrogens is 415 g/mol. The topological polar surface area (TPSA) is 133 Å². The Bertz CT molecular complexity index is 1050. The Balaban J connectivity index is 2.12. The van der Waals surface area contributed by atoms with Gasteiger partial charge in [0.2, 0.25) is 5.91 Å². The van der Waals surface area contributed by atoms with Gasteiger partial charge in [0.1, 0.15) is 34.4 Å². The van der Waals surface area contributed by atoms with E-state index in [-0.39, 0.29) is 17.7 Å². The van der Waals surface area contributed by atoms with Gasteiger partial charge in [-0.05, 0) is 24.0 Å². The van der Waals surface area contributed by atoms with E-state index in [1.807, 2.05) is 13.0 Å². The molecule has 0 aliphatic carbocycles. The van der Waals surface area contributed by atoms with Crippen LogP contribution in [-0.4, -0.2) is 36.2 Å². The van der Waals surface area contributed by atoms with Gasteiger partial charge in [-0.1, -0.05) is 49.0 Å². The number of pyridine rings is 1. The van der Waals surface area contributed by atoms with Gasteiger partial charge >= 0.3 is 0 Å². The number of aromatic nitrogens is 1. The molecule has 1 aromatic carbocycles. The average molecular weight is 439 g/mol. The minimum absolute atomic E-state index is 0.0138. The van der Waals surface area contributed by atoms with Crippen molar-refractivity contribution in [2.45, 2.75) is 42.3 Å². The third-order valence-electron chi connectivity index (χ3n) is 5.31. The molecule has 9 heteroatoms. The molecule has 0 unspecified atom stereocenters. The van der Waals surface area contributed by atoms with E-state index in [4.69, 9.17) is 11.5 Å². The Labute approximate surface area is 184 Å². The lowest BCUT2D eigenvalue weighted by Crippen LogP contribution is -2.49. The first-order valence-electron chi connectivity index (χ1n) is 9.93. The smallest absolute Gasteiger partial charge is 0.235 e. The fourth-order valence-electron chi connectivity index (χ4n) is 3.64. The van der Waals surface area contributed by atoms with E-state index < -0.39 is 23.4 Å². The maximum Gasteiger partial charge on any atom is 0.235 e. The van der Waals surface area contributed by atoms with Gasteiger partial charge < -0.3 is 16.4 Å². The number of carbonyl (C=O) groups excluding carboxylic acids is 1. The van der Waals surface area contributed by atoms with Crippen LogP contribution >= 0.6 is 11.8 Å². The summed E-state index contributed by atoms with van der Waals surface area (Å²) in [5.74, 6) is -0.259. The van der Waals surface area contributed by atoms with E-state index in [2.05, 4.69) is 17.1 Å². The Hall–Kier alpha value is -3.14. The largest absolute Gasteiger partial charge is 0.368 e. The van der Waals surface area contributed by atoms with Crippen molar-refractivity contribution in [3.63, 3.8) is 0 Å². The lowest BCUT2D eigenvalue weighted by molar-refractivity contribution is -0.117. The summed E-state index contributed by atoms with van der Waals surface area (Å²) in [6.45, 7) is 2.29. The molecule has 1 fully saturated rings. The number of nitriles is 2. The fraction of sp³-hybridized carbons (Fsp3) is 0.364. The average Bonchev–Trinajstić information content (AvgIpc) is 2.78. The number of nitrogens with zero attached hydrogens (tertiary/aromatic N) is 4. The minimum atomic E-state index is -1.25. The van der Waals surface area contributed by atoms with Crippen molar-refractivity contribution < 1.29 is 9.18 Å². The number of hydrogen-bond donors (Lipinski definition) is 2. The van der Waals surface area contributed by atoms with Crippen molar-refractivity contribution in [2.75, 3.05) is 18.0 Å². The molecule has 7 nitrogen and oxygen atoms in total. The molecule has 0 saturated carbocycles. The number of carbonyl (C=O) groups is 1. The van der Waals surface area contributed by atoms with E-state index in [1.54, 1.807) is 29.2 Å². The first-order valence-corrected chi connectivity index (χ1v) is 10.8. The lowest BCUT2D eigenvalue weighted by atomic mass is 9.99. The number of hydrogen-bond acceptors (Lipinski definition) is 7. The fourth-order valence-corrected chi connectivity index (χ4v) is 4.70. The van der Waals surface area contributed by atoms with E-state index in [9.17, 15) is 19.7 Å². The number of benzene rings is 1. The van der Waals surface area contributed by atoms with E-state index in [1.165, 1.54) is 0 Å². The van der Waals surface area contributed by atoms with Gasteiger partial charge in [-0.3, -0.25) is 4.79 Å². The summed E-state index contributed by atoms with van der Waals surface area (Å²) < 4.78 is 14.3. The van der Waals surface area contributed by atoms with E-state index in [0.29, 0.717) is 41.4 Å². The SMILES string of the molecule is CCc1c(C#N)c(S[C@H](C(N)=O)c2ccccc2)nc(N2CC[C@H](N)[C@H](F)C2)c1C#N. The van der Waals surface area contributed by atoms with E-state index >= 15 is 0 Å². The van der Waals surface area contributed by atoms with E-state index in [0.717, 1.165) is 11.8 Å². The van der Waals surface area contributed by atoms with Crippen molar-refractivity contribution in [1.82, 2.24) is 4.98 Å². The van der Waals surface area contributed by atoms with Gasteiger partial charge in [0, 0.05) is 12.6 Å². The van der Waals surface area contributed by atoms with Gasteiger partial charge in [-0.2, -0.15) is 10.5 Å². The zero-order chi connectivity index (χ0) is 22.5. The number of primary amides is 1. The van der Waals surface area contributed by atoms with Gasteiger partial charge in [0.05, 0.1) is 17.7 Å². The molecule has 0 radical (unpaired) electrons. The van der Waals surface area contributed by atoms with Crippen LogP contribution < -0.4 is 16.4 Å². The summed E-state index contributed by atoms with van der Waals surface area (Å²) in [5.41, 5.74) is 13.1. The Kier molecular flexibility index (Phi) is 7.11. The van der Waals surface area contributed by atoms with Crippen LogP contribution in [0.4, 0.5) is 10.2 Å². The quantitative estimate of drug-likeness (QED) is 0.662. The second-order valence-electron chi connectivity index (χ2n) is 7.27. The second-order valence-corrected chi connectivity index (χ2v) is 8.37. The number of piperidine rings is 1. The number of thioether (sulfide) groups is 1. The van der Waals surface area contributed by atoms with Crippen LogP contribution in [0.3, 0.4) is 0 Å². The molecule has 0 bridgehead atoms. The normalized spacial score (nSPS) is 19.3. The van der Waals surface area contributed by atoms with Crippen LogP contribution in [0.1, 0.15) is 40.8 Å². The zero-order valence-electron chi connectivity index (χ0n) is 17.1. The number of anilines is 1. The number of amides is 1. The summed E-state index contributed by atoms with van der Waals surface area (Å²) in [4.78, 5) is 18.5. The maximum absolute atomic E-state index is 14.3. The van der Waals surface area contributed by atoms with Crippen LogP contribution in [0.5, 0.6) is 0 Å². The van der Waals surface area contributed by atoms with Gasteiger partial charge in [0.15, 0.2) is 0 Å². The molecule has 1 saturated heterocycles. The van der Waals surface area contributed by atoms with Crippen LogP contribution in [-0.2, 0) is 11.2 Å². The number of alkyl halides is 1. The predicted octanol–water partition coefficient (Wildman–Crippen LogP) is 2.58. The standard InChI is InChI=1S/C22H23FN6OS/c1-2-14-15(10-24)21(29-9-8-18(26)17(23)12-29)28-22(16(14)11-25)31-19(20(27)30)13-6-4-3-5-7-13/h3-7,17-19H,2,8-9,12,26H2,1H3,(H2,27,30)/t17-,18+,19+/m1/s1. The third kappa shape index (κ3) is 4.63. The van der Waals surface area contributed by atoms with Crippen LogP contribution in [0.15, 0.2) is 35.4 Å². The van der Waals surface area contributed by atoms with Crippen molar-refractivity contribution in [2.24, 2.45) is 11.5 Å². The molecule has 1 aromatic heterocycles. The predicted molar refractivity (Wildman–Crippen MR) is 117 cm³/mol. The van der Waals surface area contributed by atoms with Gasteiger partial charge in [-0.15, -0.1) is 0 Å².